The highest BCUT2D eigenvalue weighted by atomic mass is 32.2. The number of ether oxygens (including phenoxy) is 3. The van der Waals surface area contributed by atoms with Gasteiger partial charge in [0.25, 0.3) is 12.4 Å². The number of carbonyl (C=O) groups excluding carboxylic acids is 5. The Hall–Kier alpha value is -3.12. The molecule has 0 spiro atoms. The van der Waals surface area contributed by atoms with Crippen LogP contribution in [-0.4, -0.2) is 58.7 Å². The Balaban J connectivity index is 1.94. The van der Waals surface area contributed by atoms with Crippen LogP contribution in [0.5, 0.6) is 0 Å². The highest BCUT2D eigenvalue weighted by Crippen LogP contribution is 2.47. The molecule has 1 N–H and O–H groups in total. The third-order valence-corrected chi connectivity index (χ3v) is 6.79. The first-order valence-electron chi connectivity index (χ1n) is 10.2. The number of β-lactam (4-membered cyclic amide) rings is 1. The van der Waals surface area contributed by atoms with Gasteiger partial charge in [-0.2, -0.15) is 0 Å². The number of fused-ring (bicyclic) bond motifs is 1. The Morgan fingerprint density at radius 2 is 2.00 bits per heavy atom. The maximum Gasteiger partial charge on any atom is 0.356 e. The number of nitrogens with one attached hydrogen (secondary N) is 1. The van der Waals surface area contributed by atoms with Crippen LogP contribution >= 0.6 is 23.1 Å². The SMILES string of the molecule is CC(=O)OCC1=C(C(=O)OC(C)(C)C)N2C(=O)C(NC(=O)Cc3cccs3)[C@H]2S/C1=C/OC=O. The second-order valence-corrected chi connectivity index (χ2v) is 10.5. The predicted octanol–water partition coefficient (Wildman–Crippen LogP) is 1.86. The monoisotopic (exact) mass is 508 g/mol. The molecule has 0 bridgehead atoms. The Morgan fingerprint density at radius 3 is 2.59 bits per heavy atom. The van der Waals surface area contributed by atoms with Crippen LogP contribution in [0.1, 0.15) is 32.6 Å². The molecule has 0 radical (unpaired) electrons. The van der Waals surface area contributed by atoms with Gasteiger partial charge >= 0.3 is 11.9 Å². The lowest BCUT2D eigenvalue weighted by atomic mass is 10.0. The van der Waals surface area contributed by atoms with Crippen molar-refractivity contribution >= 4 is 53.3 Å². The van der Waals surface area contributed by atoms with Crippen LogP contribution in [0.3, 0.4) is 0 Å². The predicted molar refractivity (Wildman–Crippen MR) is 123 cm³/mol. The van der Waals surface area contributed by atoms with Crippen LogP contribution in [-0.2, 0) is 44.6 Å². The van der Waals surface area contributed by atoms with Crippen molar-refractivity contribution in [2.75, 3.05) is 6.61 Å². The molecular weight excluding hydrogens is 484 g/mol. The minimum atomic E-state index is -0.912. The van der Waals surface area contributed by atoms with Gasteiger partial charge in [-0.1, -0.05) is 17.8 Å². The Bertz CT molecular complexity index is 1060. The minimum Gasteiger partial charge on any atom is -0.461 e. The van der Waals surface area contributed by atoms with E-state index in [-0.39, 0.29) is 36.7 Å². The second-order valence-electron chi connectivity index (χ2n) is 8.34. The highest BCUT2D eigenvalue weighted by molar-refractivity contribution is 8.04. The molecule has 182 valence electrons. The average Bonchev–Trinajstić information content (AvgIpc) is 3.25. The molecular formula is C22H24N2O8S2. The van der Waals surface area contributed by atoms with Gasteiger partial charge in [-0.15, -0.1) is 11.3 Å². The molecule has 0 saturated carbocycles. The van der Waals surface area contributed by atoms with E-state index < -0.39 is 34.9 Å². The van der Waals surface area contributed by atoms with Crippen LogP contribution in [0.2, 0.25) is 0 Å². The fourth-order valence-corrected chi connectivity index (χ4v) is 5.27. The van der Waals surface area contributed by atoms with Gasteiger partial charge in [0.1, 0.15) is 35.6 Å². The van der Waals surface area contributed by atoms with Crippen LogP contribution in [0.15, 0.2) is 40.0 Å². The van der Waals surface area contributed by atoms with E-state index in [0.29, 0.717) is 4.91 Å². The highest BCUT2D eigenvalue weighted by Gasteiger charge is 2.56. The minimum absolute atomic E-state index is 0.113. The molecule has 2 aliphatic rings. The van der Waals surface area contributed by atoms with Crippen LogP contribution in [0.25, 0.3) is 0 Å². The van der Waals surface area contributed by atoms with Crippen molar-refractivity contribution in [1.82, 2.24) is 10.2 Å². The number of rotatable bonds is 8. The standard InChI is InChI=1S/C22H24N2O8S2/c1-12(26)31-9-14-15(10-30-11-25)34-20-17(23-16(27)8-13-6-5-7-33-13)19(28)24(20)18(14)21(29)32-22(2,3)4/h5-7,10-11,17,20H,8-9H2,1-4H3,(H,23,27)/b15-10+/t17?,20-/m1/s1. The molecule has 1 fully saturated rings. The Morgan fingerprint density at radius 1 is 1.26 bits per heavy atom. The first kappa shape index (κ1) is 25.5. The Labute approximate surface area is 204 Å². The molecule has 3 heterocycles. The van der Waals surface area contributed by atoms with Gasteiger partial charge < -0.3 is 19.5 Å². The van der Waals surface area contributed by atoms with Crippen LogP contribution < -0.4 is 5.32 Å². The topological polar surface area (TPSA) is 128 Å². The second kappa shape index (κ2) is 10.4. The lowest BCUT2D eigenvalue weighted by Gasteiger charge is -2.50. The summed E-state index contributed by atoms with van der Waals surface area (Å²) in [7, 11) is 0. The number of hydrogen-bond acceptors (Lipinski definition) is 10. The van der Waals surface area contributed by atoms with Gasteiger partial charge in [0, 0.05) is 17.4 Å². The van der Waals surface area contributed by atoms with Gasteiger partial charge in [0.2, 0.25) is 5.91 Å². The van der Waals surface area contributed by atoms with E-state index in [2.05, 4.69) is 5.32 Å². The zero-order valence-corrected chi connectivity index (χ0v) is 20.6. The van der Waals surface area contributed by atoms with E-state index in [1.54, 1.807) is 20.8 Å². The van der Waals surface area contributed by atoms with Crippen molar-refractivity contribution in [3.63, 3.8) is 0 Å². The van der Waals surface area contributed by atoms with E-state index in [4.69, 9.17) is 14.2 Å². The molecule has 2 amide bonds. The molecule has 34 heavy (non-hydrogen) atoms. The van der Waals surface area contributed by atoms with Crippen molar-refractivity contribution in [2.24, 2.45) is 0 Å². The molecule has 0 aliphatic carbocycles. The zero-order chi connectivity index (χ0) is 25.0. The van der Waals surface area contributed by atoms with Crippen molar-refractivity contribution in [1.29, 1.82) is 0 Å². The molecule has 1 aromatic heterocycles. The molecule has 1 unspecified atom stereocenters. The summed E-state index contributed by atoms with van der Waals surface area (Å²) in [5, 5.41) is 3.87. The Kier molecular flexibility index (Phi) is 7.82. The van der Waals surface area contributed by atoms with Gasteiger partial charge in [-0.05, 0) is 32.2 Å². The maximum absolute atomic E-state index is 13.1. The molecule has 0 aromatic carbocycles. The van der Waals surface area contributed by atoms with Crippen LogP contribution in [0.4, 0.5) is 0 Å². The lowest BCUT2D eigenvalue weighted by Crippen LogP contribution is -2.70. The van der Waals surface area contributed by atoms with Crippen molar-refractivity contribution in [2.45, 2.75) is 51.1 Å². The summed E-state index contributed by atoms with van der Waals surface area (Å²) in [4.78, 5) is 63.3. The van der Waals surface area contributed by atoms with E-state index in [9.17, 15) is 24.0 Å². The fraction of sp³-hybridized carbons (Fsp3) is 0.409. The lowest BCUT2D eigenvalue weighted by molar-refractivity contribution is -0.159. The van der Waals surface area contributed by atoms with E-state index in [1.807, 2.05) is 17.5 Å². The summed E-state index contributed by atoms with van der Waals surface area (Å²) in [6, 6.07) is 2.73. The summed E-state index contributed by atoms with van der Waals surface area (Å²) in [6.45, 7) is 6.06. The molecule has 12 heteroatoms. The van der Waals surface area contributed by atoms with E-state index >= 15 is 0 Å². The van der Waals surface area contributed by atoms with Gasteiger partial charge in [0.05, 0.1) is 11.3 Å². The summed E-state index contributed by atoms with van der Waals surface area (Å²) in [6.07, 6.45) is 1.22. The zero-order valence-electron chi connectivity index (χ0n) is 19.0. The molecule has 10 nitrogen and oxygen atoms in total. The third-order valence-electron chi connectivity index (χ3n) is 4.59. The molecule has 3 rings (SSSR count). The number of carbonyl (C=O) groups is 5. The smallest absolute Gasteiger partial charge is 0.356 e. The number of esters is 2. The van der Waals surface area contributed by atoms with E-state index in [1.165, 1.54) is 23.2 Å². The molecule has 2 aliphatic heterocycles. The van der Waals surface area contributed by atoms with E-state index in [0.717, 1.165) is 22.9 Å². The number of thiophene rings is 1. The fourth-order valence-electron chi connectivity index (χ4n) is 3.26. The first-order valence-corrected chi connectivity index (χ1v) is 12.0. The number of nitrogens with zero attached hydrogens (tertiary/aromatic N) is 1. The van der Waals surface area contributed by atoms with Gasteiger partial charge in [-0.3, -0.25) is 24.1 Å². The number of thioether (sulfide) groups is 1. The van der Waals surface area contributed by atoms with Crippen LogP contribution in [0, 0.1) is 0 Å². The average molecular weight is 509 g/mol. The molecule has 1 saturated heterocycles. The summed E-state index contributed by atoms with van der Waals surface area (Å²) in [5.41, 5.74) is -0.846. The quantitative estimate of drug-likeness (QED) is 0.184. The third kappa shape index (κ3) is 5.86. The maximum atomic E-state index is 13.1. The van der Waals surface area contributed by atoms with Crippen molar-refractivity contribution in [3.8, 4) is 0 Å². The van der Waals surface area contributed by atoms with Gasteiger partial charge in [-0.25, -0.2) is 4.79 Å². The first-order chi connectivity index (χ1) is 16.0. The summed E-state index contributed by atoms with van der Waals surface area (Å²) < 4.78 is 15.4. The normalized spacial score (nSPS) is 20.9. The largest absolute Gasteiger partial charge is 0.461 e. The van der Waals surface area contributed by atoms with Gasteiger partial charge in [0.15, 0.2) is 0 Å². The summed E-state index contributed by atoms with van der Waals surface area (Å²) in [5.74, 6) is -2.26. The molecule has 1 aromatic rings. The number of amides is 2. The number of hydrogen-bond donors (Lipinski definition) is 1. The molecule has 2 atom stereocenters. The van der Waals surface area contributed by atoms with Crippen molar-refractivity contribution in [3.05, 3.63) is 44.8 Å². The van der Waals surface area contributed by atoms with Crippen molar-refractivity contribution < 1.29 is 38.2 Å². The summed E-state index contributed by atoms with van der Waals surface area (Å²) >= 11 is 2.52.